The molecule has 0 bridgehead atoms. The van der Waals surface area contributed by atoms with Gasteiger partial charge in [-0.15, -0.1) is 0 Å². The first-order chi connectivity index (χ1) is 33.3. The molecule has 6 aromatic heterocycles. The first-order valence-corrected chi connectivity index (χ1v) is 22.1. The minimum absolute atomic E-state index is 0.0359. The van der Waals surface area contributed by atoms with Gasteiger partial charge in [0.25, 0.3) is 11.8 Å². The second-order valence-electron chi connectivity index (χ2n) is 15.5. The highest BCUT2D eigenvalue weighted by Gasteiger charge is 2.17. The van der Waals surface area contributed by atoms with Crippen LogP contribution in [0.25, 0.3) is 33.1 Å². The smallest absolute Gasteiger partial charge is 0.343 e. The van der Waals surface area contributed by atoms with Crippen LogP contribution < -0.4 is 26.9 Å². The number of fused-ring (bicyclic) bond motifs is 3. The van der Waals surface area contributed by atoms with Gasteiger partial charge >= 0.3 is 5.97 Å². The number of aromatic amines is 3. The molecule has 0 aliphatic rings. The molecule has 0 spiro atoms. The Kier molecular flexibility index (Phi) is 16.8. The van der Waals surface area contributed by atoms with Crippen LogP contribution in [0.15, 0.2) is 118 Å². The van der Waals surface area contributed by atoms with Crippen molar-refractivity contribution in [3.05, 3.63) is 190 Å². The van der Waals surface area contributed by atoms with Crippen molar-refractivity contribution in [2.75, 3.05) is 6.61 Å². The summed E-state index contributed by atoms with van der Waals surface area (Å²) in [6, 6.07) is 26.3. The summed E-state index contributed by atoms with van der Waals surface area (Å²) < 4.78 is 4.82. The number of aryl methyl sites for hydroxylation is 3. The maximum atomic E-state index is 12.6. The zero-order chi connectivity index (χ0) is 49.5. The summed E-state index contributed by atoms with van der Waals surface area (Å²) in [4.78, 5) is 95.4. The number of carbonyl (C=O) groups is 3. The number of rotatable bonds is 10. The summed E-state index contributed by atoms with van der Waals surface area (Å²) >= 11 is 0. The fraction of sp³-hybridized carbons (Fsp3) is 0.204. The van der Waals surface area contributed by atoms with Gasteiger partial charge in [-0.3, -0.25) is 24.0 Å². The molecular formula is C54H50N8O7. The summed E-state index contributed by atoms with van der Waals surface area (Å²) in [5.41, 5.74) is 7.46. The van der Waals surface area contributed by atoms with E-state index in [1.165, 1.54) is 18.6 Å². The largest absolute Gasteiger partial charge is 0.462 e. The van der Waals surface area contributed by atoms with Crippen molar-refractivity contribution in [1.82, 2.24) is 40.5 Å². The molecule has 0 fully saturated rings. The van der Waals surface area contributed by atoms with E-state index in [0.29, 0.717) is 46.5 Å². The molecule has 15 nitrogen and oxygen atoms in total. The van der Waals surface area contributed by atoms with E-state index in [0.717, 1.165) is 40.8 Å². The van der Waals surface area contributed by atoms with Crippen molar-refractivity contribution in [3.63, 3.8) is 0 Å². The summed E-state index contributed by atoms with van der Waals surface area (Å²) in [5, 5.41) is 5.56. The lowest BCUT2D eigenvalue weighted by atomic mass is 10.1. The molecule has 0 atom stereocenters. The lowest BCUT2D eigenvalue weighted by Gasteiger charge is -2.07. The third-order valence-corrected chi connectivity index (χ3v) is 10.4. The van der Waals surface area contributed by atoms with Gasteiger partial charge in [0.15, 0.2) is 0 Å². The Morgan fingerprint density at radius 2 is 0.957 bits per heavy atom. The molecule has 0 aliphatic carbocycles. The lowest BCUT2D eigenvalue weighted by molar-refractivity contribution is 0.0524. The average molecular weight is 923 g/mol. The van der Waals surface area contributed by atoms with Gasteiger partial charge in [-0.2, -0.15) is 0 Å². The molecule has 8 rings (SSSR count). The molecule has 5 N–H and O–H groups in total. The molecule has 0 radical (unpaired) electrons. The van der Waals surface area contributed by atoms with E-state index < -0.39 is 28.6 Å². The Bertz CT molecular complexity index is 3500. The number of benzene rings is 2. The van der Waals surface area contributed by atoms with Crippen LogP contribution in [0.5, 0.6) is 0 Å². The molecule has 0 saturated heterocycles. The summed E-state index contributed by atoms with van der Waals surface area (Å²) in [6.45, 7) is 12.1. The average Bonchev–Trinajstić information content (AvgIpc) is 3.35. The van der Waals surface area contributed by atoms with E-state index >= 15 is 0 Å². The predicted octanol–water partition coefficient (Wildman–Crippen LogP) is 7.12. The van der Waals surface area contributed by atoms with E-state index in [4.69, 9.17) is 4.74 Å². The minimum Gasteiger partial charge on any atom is -0.462 e. The van der Waals surface area contributed by atoms with Gasteiger partial charge in [-0.25, -0.2) is 19.7 Å². The molecule has 0 saturated carbocycles. The molecule has 348 valence electrons. The minimum atomic E-state index is -0.653. The lowest BCUT2D eigenvalue weighted by Crippen LogP contribution is -2.28. The monoisotopic (exact) mass is 922 g/mol. The van der Waals surface area contributed by atoms with Gasteiger partial charge in [0.05, 0.1) is 23.2 Å². The molecule has 2 aromatic carbocycles. The number of aromatic nitrogens is 6. The van der Waals surface area contributed by atoms with Crippen LogP contribution in [-0.2, 0) is 24.2 Å². The third kappa shape index (κ3) is 12.7. The van der Waals surface area contributed by atoms with Crippen molar-refractivity contribution in [2.45, 2.75) is 67.5 Å². The first kappa shape index (κ1) is 49.5. The summed E-state index contributed by atoms with van der Waals surface area (Å²) in [6.07, 6.45) is 5.97. The van der Waals surface area contributed by atoms with Crippen LogP contribution in [0.1, 0.15) is 105 Å². The number of H-pyrrole nitrogens is 3. The third-order valence-electron chi connectivity index (χ3n) is 10.4. The van der Waals surface area contributed by atoms with E-state index in [9.17, 15) is 28.8 Å². The molecule has 0 unspecified atom stereocenters. The molecule has 0 aliphatic heterocycles. The van der Waals surface area contributed by atoms with Crippen LogP contribution >= 0.6 is 0 Å². The van der Waals surface area contributed by atoms with Crippen molar-refractivity contribution in [3.8, 4) is 23.7 Å². The highest BCUT2D eigenvalue weighted by atomic mass is 16.5. The fourth-order valence-electron chi connectivity index (χ4n) is 6.77. The first-order valence-electron chi connectivity index (χ1n) is 22.1. The zero-order valence-electron chi connectivity index (χ0n) is 39.0. The maximum Gasteiger partial charge on any atom is 0.343 e. The quantitative estimate of drug-likeness (QED) is 0.0691. The van der Waals surface area contributed by atoms with Gasteiger partial charge in [0.1, 0.15) is 44.6 Å². The van der Waals surface area contributed by atoms with Crippen LogP contribution in [0.4, 0.5) is 0 Å². The van der Waals surface area contributed by atoms with Crippen LogP contribution in [0, 0.1) is 37.5 Å². The number of nitrogens with one attached hydrogen (secondary N) is 5. The second kappa shape index (κ2) is 23.5. The van der Waals surface area contributed by atoms with Gasteiger partial charge in [-0.05, 0) is 100 Å². The van der Waals surface area contributed by atoms with E-state index in [1.54, 1.807) is 45.0 Å². The number of carbonyl (C=O) groups excluding carboxylic acids is 3. The van der Waals surface area contributed by atoms with Crippen molar-refractivity contribution < 1.29 is 19.1 Å². The van der Waals surface area contributed by atoms with Gasteiger partial charge in [0, 0.05) is 37.4 Å². The van der Waals surface area contributed by atoms with Crippen molar-refractivity contribution >= 4 is 50.9 Å². The SMILES string of the molecule is CC#Cc1ccc2[nH]cc(C(=O)NCc3ccc(C)cc3)c(=O)c2n1.CC#Cc1ccc2[nH]cc(C(=O)OCC)c(=O)c2n1.CCCc1ccc2[nH]cc(C(=O)NCc3ccc(C)cc3)c(=O)c2n1. The van der Waals surface area contributed by atoms with Crippen LogP contribution in [-0.4, -0.2) is 54.3 Å². The Morgan fingerprint density at radius 3 is 1.38 bits per heavy atom. The molecular weight excluding hydrogens is 873 g/mol. The Balaban J connectivity index is 0.000000172. The van der Waals surface area contributed by atoms with Gasteiger partial charge in [-0.1, -0.05) is 84.8 Å². The zero-order valence-corrected chi connectivity index (χ0v) is 39.0. The van der Waals surface area contributed by atoms with E-state index in [-0.39, 0.29) is 39.8 Å². The topological polar surface area (TPSA) is 222 Å². The maximum absolute atomic E-state index is 12.6. The fourth-order valence-corrected chi connectivity index (χ4v) is 6.77. The normalized spacial score (nSPS) is 10.3. The van der Waals surface area contributed by atoms with Crippen molar-refractivity contribution in [2.24, 2.45) is 0 Å². The predicted molar refractivity (Wildman–Crippen MR) is 267 cm³/mol. The van der Waals surface area contributed by atoms with Crippen molar-refractivity contribution in [1.29, 1.82) is 0 Å². The molecule has 8 aromatic rings. The van der Waals surface area contributed by atoms with Crippen LogP contribution in [0.3, 0.4) is 0 Å². The van der Waals surface area contributed by atoms with E-state index in [2.05, 4.69) is 71.1 Å². The number of nitrogens with zero attached hydrogens (tertiary/aromatic N) is 3. The number of hydrogen-bond donors (Lipinski definition) is 5. The Hall–Kier alpha value is -8.95. The number of amides is 2. The molecule has 69 heavy (non-hydrogen) atoms. The molecule has 15 heteroatoms. The van der Waals surface area contributed by atoms with Crippen LogP contribution in [0.2, 0.25) is 0 Å². The second-order valence-corrected chi connectivity index (χ2v) is 15.5. The van der Waals surface area contributed by atoms with Gasteiger partial charge in [0.2, 0.25) is 16.3 Å². The summed E-state index contributed by atoms with van der Waals surface area (Å²) in [5.74, 6) is 9.55. The number of pyridine rings is 6. The summed E-state index contributed by atoms with van der Waals surface area (Å²) in [7, 11) is 0. The Morgan fingerprint density at radius 1 is 0.551 bits per heavy atom. The Labute approximate surface area is 397 Å². The van der Waals surface area contributed by atoms with E-state index in [1.807, 2.05) is 74.5 Å². The number of esters is 1. The molecule has 2 amide bonds. The molecule has 6 heterocycles. The highest BCUT2D eigenvalue weighted by molar-refractivity contribution is 5.97. The number of hydrogen-bond acceptors (Lipinski definition) is 10. The standard InChI is InChI=1S/C20H21N3O2.C20H17N3O2.C14H12N2O3/c2*1-3-4-15-9-10-17-18(23-15)19(24)16(12-21-17)20(25)22-11-14-7-5-13(2)6-8-14;1-3-5-9-6-7-11-12(16-9)13(17)10(8-15-11)14(18)19-4-2/h5-10,12H,3-4,11H2,1-2H3,(H,21,24)(H,22,25);5-10,12H,11H2,1-2H3,(H,21,24)(H,22,25);6-8H,4H2,1-2H3,(H,15,17). The van der Waals surface area contributed by atoms with Gasteiger partial charge < -0.3 is 30.3 Å². The number of ether oxygens (including phenoxy) is 1. The highest BCUT2D eigenvalue weighted by Crippen LogP contribution is 2.12.